The van der Waals surface area contributed by atoms with Crippen LogP contribution in [-0.4, -0.2) is 33.4 Å². The van der Waals surface area contributed by atoms with E-state index in [4.69, 9.17) is 16.3 Å². The molecule has 0 aromatic heterocycles. The molecule has 3 aromatic carbocycles. The lowest BCUT2D eigenvalue weighted by Gasteiger charge is -2.23. The van der Waals surface area contributed by atoms with Gasteiger partial charge in [0.1, 0.15) is 0 Å². The van der Waals surface area contributed by atoms with Crippen molar-refractivity contribution in [1.29, 1.82) is 0 Å². The number of ether oxygens (including phenoxy) is 1. The molecule has 0 radical (unpaired) electrons. The van der Waals surface area contributed by atoms with E-state index in [1.165, 1.54) is 30.3 Å². The Hall–Kier alpha value is -3.62. The predicted molar refractivity (Wildman–Crippen MR) is 131 cm³/mol. The summed E-state index contributed by atoms with van der Waals surface area (Å²) in [5.41, 5.74) is 1.31. The molecule has 0 saturated heterocycles. The fourth-order valence-electron chi connectivity index (χ4n) is 3.04. The molecule has 0 heterocycles. The Balaban J connectivity index is 1.69. The number of anilines is 1. The van der Waals surface area contributed by atoms with Crippen molar-refractivity contribution in [2.45, 2.75) is 11.4 Å². The standard InChI is InChI=1S/C25H23ClN2O5S/c1-2-15-28(22-13-11-21(26)12-14-22)34(31,32)23-10-6-9-20(16-23)25(30)33-18-24(29)27-17-19-7-4-3-5-8-19/h2-14,16H,1,15,17-18H2,(H,27,29). The third-order valence-electron chi connectivity index (χ3n) is 4.73. The highest BCUT2D eigenvalue weighted by molar-refractivity contribution is 7.92. The van der Waals surface area contributed by atoms with E-state index in [1.54, 1.807) is 24.3 Å². The number of carbonyl (C=O) groups is 2. The lowest BCUT2D eigenvalue weighted by Crippen LogP contribution is -2.31. The number of hydrogen-bond acceptors (Lipinski definition) is 5. The molecule has 3 aromatic rings. The number of benzene rings is 3. The Labute approximate surface area is 203 Å². The van der Waals surface area contributed by atoms with Crippen LogP contribution in [0.5, 0.6) is 0 Å². The smallest absolute Gasteiger partial charge is 0.338 e. The molecule has 0 atom stereocenters. The van der Waals surface area contributed by atoms with E-state index in [0.29, 0.717) is 17.3 Å². The van der Waals surface area contributed by atoms with Crippen LogP contribution in [0.3, 0.4) is 0 Å². The highest BCUT2D eigenvalue weighted by Crippen LogP contribution is 2.26. The molecule has 0 aliphatic heterocycles. The molecule has 0 aliphatic rings. The molecule has 3 rings (SSSR count). The van der Waals surface area contributed by atoms with Crippen LogP contribution in [0.15, 0.2) is 96.4 Å². The molecule has 9 heteroatoms. The number of carbonyl (C=O) groups excluding carboxylic acids is 2. The quantitative estimate of drug-likeness (QED) is 0.334. The maximum Gasteiger partial charge on any atom is 0.338 e. The van der Waals surface area contributed by atoms with Crippen molar-refractivity contribution in [2.75, 3.05) is 17.5 Å². The molecule has 1 N–H and O–H groups in total. The minimum atomic E-state index is -4.02. The molecule has 0 fully saturated rings. The van der Waals surface area contributed by atoms with Gasteiger partial charge in [-0.05, 0) is 48.0 Å². The van der Waals surface area contributed by atoms with E-state index < -0.39 is 28.5 Å². The largest absolute Gasteiger partial charge is 0.452 e. The summed E-state index contributed by atoms with van der Waals surface area (Å²) in [5, 5.41) is 3.12. The van der Waals surface area contributed by atoms with Gasteiger partial charge in [-0.3, -0.25) is 9.10 Å². The Bertz CT molecular complexity index is 1260. The number of hydrogen-bond donors (Lipinski definition) is 1. The molecule has 176 valence electrons. The second kappa shape index (κ2) is 11.5. The summed E-state index contributed by atoms with van der Waals surface area (Å²) in [6, 6.07) is 21.1. The van der Waals surface area contributed by atoms with Gasteiger partial charge in [-0.2, -0.15) is 0 Å². The summed E-state index contributed by atoms with van der Waals surface area (Å²) in [6.45, 7) is 3.45. The van der Waals surface area contributed by atoms with Crippen molar-refractivity contribution in [3.8, 4) is 0 Å². The van der Waals surface area contributed by atoms with Gasteiger partial charge in [0.05, 0.1) is 22.7 Å². The molecule has 7 nitrogen and oxygen atoms in total. The lowest BCUT2D eigenvalue weighted by atomic mass is 10.2. The Kier molecular flexibility index (Phi) is 8.45. The van der Waals surface area contributed by atoms with Crippen molar-refractivity contribution in [3.63, 3.8) is 0 Å². The minimum Gasteiger partial charge on any atom is -0.452 e. The molecule has 34 heavy (non-hydrogen) atoms. The van der Waals surface area contributed by atoms with Crippen molar-refractivity contribution in [3.05, 3.63) is 108 Å². The van der Waals surface area contributed by atoms with Gasteiger partial charge in [0, 0.05) is 11.6 Å². The zero-order valence-electron chi connectivity index (χ0n) is 18.2. The van der Waals surface area contributed by atoms with E-state index in [1.807, 2.05) is 30.3 Å². The van der Waals surface area contributed by atoms with Crippen LogP contribution < -0.4 is 9.62 Å². The van der Waals surface area contributed by atoms with Crippen LogP contribution in [0.4, 0.5) is 5.69 Å². The number of halogens is 1. The van der Waals surface area contributed by atoms with Gasteiger partial charge in [-0.1, -0.05) is 54.1 Å². The first-order valence-electron chi connectivity index (χ1n) is 10.3. The van der Waals surface area contributed by atoms with Crippen molar-refractivity contribution in [1.82, 2.24) is 5.32 Å². The Morgan fingerprint density at radius 2 is 1.71 bits per heavy atom. The van der Waals surface area contributed by atoms with E-state index in [2.05, 4.69) is 11.9 Å². The first kappa shape index (κ1) is 25.0. The number of amides is 1. The number of nitrogens with one attached hydrogen (secondary N) is 1. The second-order valence-electron chi connectivity index (χ2n) is 7.17. The Morgan fingerprint density at radius 1 is 1.00 bits per heavy atom. The number of esters is 1. The van der Waals surface area contributed by atoms with Crippen molar-refractivity contribution >= 4 is 39.2 Å². The predicted octanol–water partition coefficient (Wildman–Crippen LogP) is 4.19. The lowest BCUT2D eigenvalue weighted by molar-refractivity contribution is -0.124. The SMILES string of the molecule is C=CCN(c1ccc(Cl)cc1)S(=O)(=O)c1cccc(C(=O)OCC(=O)NCc2ccccc2)c1. The first-order chi connectivity index (χ1) is 16.3. The van der Waals surface area contributed by atoms with Gasteiger partial charge in [0.15, 0.2) is 6.61 Å². The summed E-state index contributed by atoms with van der Waals surface area (Å²) in [5.74, 6) is -1.28. The van der Waals surface area contributed by atoms with E-state index in [9.17, 15) is 18.0 Å². The van der Waals surface area contributed by atoms with Gasteiger partial charge in [-0.15, -0.1) is 6.58 Å². The first-order valence-corrected chi connectivity index (χ1v) is 12.1. The highest BCUT2D eigenvalue weighted by atomic mass is 35.5. The van der Waals surface area contributed by atoms with Crippen LogP contribution >= 0.6 is 11.6 Å². The number of rotatable bonds is 10. The molecular formula is C25H23ClN2O5S. The number of sulfonamides is 1. The molecule has 0 saturated carbocycles. The van der Waals surface area contributed by atoms with Crippen LogP contribution in [-0.2, 0) is 26.1 Å². The molecule has 1 amide bonds. The van der Waals surface area contributed by atoms with Crippen LogP contribution in [0.1, 0.15) is 15.9 Å². The minimum absolute atomic E-state index is 0.00611. The van der Waals surface area contributed by atoms with E-state index >= 15 is 0 Å². The fraction of sp³-hybridized carbons (Fsp3) is 0.120. The third kappa shape index (κ3) is 6.46. The van der Waals surface area contributed by atoms with Crippen molar-refractivity contribution in [2.24, 2.45) is 0 Å². The van der Waals surface area contributed by atoms with Gasteiger partial charge >= 0.3 is 5.97 Å². The average molecular weight is 499 g/mol. The normalized spacial score (nSPS) is 10.9. The zero-order valence-corrected chi connectivity index (χ0v) is 19.8. The monoisotopic (exact) mass is 498 g/mol. The van der Waals surface area contributed by atoms with Crippen LogP contribution in [0.25, 0.3) is 0 Å². The van der Waals surface area contributed by atoms with Gasteiger partial charge < -0.3 is 10.1 Å². The summed E-state index contributed by atoms with van der Waals surface area (Å²) < 4.78 is 32.8. The average Bonchev–Trinajstić information content (AvgIpc) is 2.86. The fourth-order valence-corrected chi connectivity index (χ4v) is 4.65. The maximum absolute atomic E-state index is 13.3. The van der Waals surface area contributed by atoms with Crippen molar-refractivity contribution < 1.29 is 22.7 Å². The molecule has 0 spiro atoms. The zero-order chi connectivity index (χ0) is 24.6. The topological polar surface area (TPSA) is 92.8 Å². The molecular weight excluding hydrogens is 476 g/mol. The Morgan fingerprint density at radius 3 is 2.38 bits per heavy atom. The summed E-state index contributed by atoms with van der Waals surface area (Å²) in [4.78, 5) is 24.4. The molecule has 0 unspecified atom stereocenters. The molecule has 0 aliphatic carbocycles. The summed E-state index contributed by atoms with van der Waals surface area (Å²) in [7, 11) is -4.02. The molecule has 0 bridgehead atoms. The van der Waals surface area contributed by atoms with Gasteiger partial charge in [0.25, 0.3) is 15.9 Å². The third-order valence-corrected chi connectivity index (χ3v) is 6.78. The number of nitrogens with zero attached hydrogens (tertiary/aromatic N) is 1. The van der Waals surface area contributed by atoms with Crippen LogP contribution in [0, 0.1) is 0 Å². The van der Waals surface area contributed by atoms with Gasteiger partial charge in [-0.25, -0.2) is 13.2 Å². The van der Waals surface area contributed by atoms with Gasteiger partial charge in [0.2, 0.25) is 0 Å². The van der Waals surface area contributed by atoms with Crippen LogP contribution in [0.2, 0.25) is 5.02 Å². The van der Waals surface area contributed by atoms with E-state index in [0.717, 1.165) is 9.87 Å². The summed E-state index contributed by atoms with van der Waals surface area (Å²) in [6.07, 6.45) is 1.46. The maximum atomic E-state index is 13.3. The second-order valence-corrected chi connectivity index (χ2v) is 9.47. The summed E-state index contributed by atoms with van der Waals surface area (Å²) >= 11 is 5.92. The highest BCUT2D eigenvalue weighted by Gasteiger charge is 2.25. The van der Waals surface area contributed by atoms with E-state index in [-0.39, 0.29) is 17.0 Å².